The molecule has 1 aromatic carbocycles. The first-order chi connectivity index (χ1) is 9.92. The van der Waals surface area contributed by atoms with Gasteiger partial charge in [0.1, 0.15) is 28.7 Å². The van der Waals surface area contributed by atoms with Gasteiger partial charge in [-0.3, -0.25) is 19.2 Å². The lowest BCUT2D eigenvalue weighted by atomic mass is 10.1. The Morgan fingerprint density at radius 2 is 1.81 bits per heavy atom. The fourth-order valence-electron chi connectivity index (χ4n) is 1.75. The van der Waals surface area contributed by atoms with Gasteiger partial charge >= 0.3 is 11.9 Å². The van der Waals surface area contributed by atoms with E-state index in [1.807, 2.05) is 0 Å². The monoisotopic (exact) mass is 290 g/mol. The Morgan fingerprint density at radius 1 is 1.14 bits per heavy atom. The zero-order chi connectivity index (χ0) is 15.6. The van der Waals surface area contributed by atoms with Crippen LogP contribution in [-0.2, 0) is 9.59 Å². The third kappa shape index (κ3) is 2.97. The average Bonchev–Trinajstić information content (AvgIpc) is 2.37. The lowest BCUT2D eigenvalue weighted by Crippen LogP contribution is -2.12. The molecule has 0 unspecified atom stereocenters. The Kier molecular flexibility index (Phi) is 3.84. The SMILES string of the molecule is CC(=O)Oc1cc(OC(C)=O)c2c(=O)c(C=O)coc2c1. The first-order valence-electron chi connectivity index (χ1n) is 5.84. The summed E-state index contributed by atoms with van der Waals surface area (Å²) in [7, 11) is 0. The first kappa shape index (κ1) is 14.4. The van der Waals surface area contributed by atoms with Gasteiger partial charge < -0.3 is 13.9 Å². The number of fused-ring (bicyclic) bond motifs is 1. The van der Waals surface area contributed by atoms with E-state index in [1.54, 1.807) is 0 Å². The van der Waals surface area contributed by atoms with E-state index >= 15 is 0 Å². The normalized spacial score (nSPS) is 10.2. The van der Waals surface area contributed by atoms with Gasteiger partial charge in [-0.15, -0.1) is 0 Å². The molecule has 0 bridgehead atoms. The van der Waals surface area contributed by atoms with E-state index in [0.717, 1.165) is 13.2 Å². The van der Waals surface area contributed by atoms with Gasteiger partial charge in [0.2, 0.25) is 5.43 Å². The van der Waals surface area contributed by atoms with E-state index in [2.05, 4.69) is 0 Å². The maximum atomic E-state index is 12.1. The number of carbonyl (C=O) groups excluding carboxylic acids is 3. The summed E-state index contributed by atoms with van der Waals surface area (Å²) in [6.45, 7) is 2.34. The molecule has 1 heterocycles. The molecule has 0 N–H and O–H groups in total. The number of carbonyl (C=O) groups is 3. The van der Waals surface area contributed by atoms with Crippen LogP contribution in [0, 0.1) is 0 Å². The molecule has 108 valence electrons. The van der Waals surface area contributed by atoms with Crippen molar-refractivity contribution in [1.82, 2.24) is 0 Å². The Balaban J connectivity index is 2.77. The number of esters is 2. The van der Waals surface area contributed by atoms with Crippen LogP contribution in [0.1, 0.15) is 24.2 Å². The molecule has 7 nitrogen and oxygen atoms in total. The van der Waals surface area contributed by atoms with Crippen LogP contribution in [0.3, 0.4) is 0 Å². The van der Waals surface area contributed by atoms with Gasteiger partial charge in [0.05, 0.1) is 5.56 Å². The number of benzene rings is 1. The predicted octanol–water partition coefficient (Wildman–Crippen LogP) is 1.46. The molecule has 2 aromatic rings. The van der Waals surface area contributed by atoms with Crippen LogP contribution in [0.15, 0.2) is 27.6 Å². The lowest BCUT2D eigenvalue weighted by molar-refractivity contribution is -0.132. The van der Waals surface area contributed by atoms with Crippen molar-refractivity contribution in [2.24, 2.45) is 0 Å². The molecule has 0 amide bonds. The number of hydrogen-bond donors (Lipinski definition) is 0. The smallest absolute Gasteiger partial charge is 0.308 e. The van der Waals surface area contributed by atoms with Crippen molar-refractivity contribution in [3.63, 3.8) is 0 Å². The van der Waals surface area contributed by atoms with Crippen molar-refractivity contribution < 1.29 is 28.3 Å². The number of ether oxygens (including phenoxy) is 2. The van der Waals surface area contributed by atoms with Gasteiger partial charge in [0.15, 0.2) is 6.29 Å². The molecule has 0 saturated heterocycles. The molecule has 7 heteroatoms. The van der Waals surface area contributed by atoms with Gasteiger partial charge in [-0.05, 0) is 0 Å². The molecule has 0 saturated carbocycles. The third-order valence-electron chi connectivity index (χ3n) is 2.48. The number of aldehydes is 1. The highest BCUT2D eigenvalue weighted by Gasteiger charge is 2.16. The van der Waals surface area contributed by atoms with Gasteiger partial charge in [-0.25, -0.2) is 0 Å². The van der Waals surface area contributed by atoms with E-state index in [9.17, 15) is 19.2 Å². The average molecular weight is 290 g/mol. The van der Waals surface area contributed by atoms with Crippen LogP contribution in [0.25, 0.3) is 11.0 Å². The molecular weight excluding hydrogens is 280 g/mol. The van der Waals surface area contributed by atoms with Crippen LogP contribution < -0.4 is 14.9 Å². The Morgan fingerprint density at radius 3 is 2.38 bits per heavy atom. The minimum absolute atomic E-state index is 0.0283. The van der Waals surface area contributed by atoms with Crippen LogP contribution >= 0.6 is 0 Å². The predicted molar refractivity (Wildman–Crippen MR) is 70.5 cm³/mol. The van der Waals surface area contributed by atoms with E-state index in [-0.39, 0.29) is 28.0 Å². The van der Waals surface area contributed by atoms with E-state index < -0.39 is 17.4 Å². The highest BCUT2D eigenvalue weighted by molar-refractivity contribution is 5.91. The second kappa shape index (κ2) is 5.58. The fraction of sp³-hybridized carbons (Fsp3) is 0.143. The number of rotatable bonds is 3. The highest BCUT2D eigenvalue weighted by Crippen LogP contribution is 2.29. The molecule has 0 fully saturated rings. The Labute approximate surface area is 118 Å². The highest BCUT2D eigenvalue weighted by atomic mass is 16.5. The zero-order valence-electron chi connectivity index (χ0n) is 11.2. The summed E-state index contributed by atoms with van der Waals surface area (Å²) in [6, 6.07) is 2.50. The van der Waals surface area contributed by atoms with Crippen molar-refractivity contribution in [3.8, 4) is 11.5 Å². The molecule has 1 aromatic heterocycles. The second-order valence-corrected chi connectivity index (χ2v) is 4.12. The molecule has 0 spiro atoms. The summed E-state index contributed by atoms with van der Waals surface area (Å²) in [5, 5.41) is -0.0781. The van der Waals surface area contributed by atoms with Crippen molar-refractivity contribution in [1.29, 1.82) is 0 Å². The molecule has 2 rings (SSSR count). The maximum Gasteiger partial charge on any atom is 0.308 e. The van der Waals surface area contributed by atoms with Crippen LogP contribution in [0.4, 0.5) is 0 Å². The van der Waals surface area contributed by atoms with Crippen LogP contribution in [0.2, 0.25) is 0 Å². The third-order valence-corrected chi connectivity index (χ3v) is 2.48. The fourth-order valence-corrected chi connectivity index (χ4v) is 1.75. The summed E-state index contributed by atoms with van der Waals surface area (Å²) >= 11 is 0. The quantitative estimate of drug-likeness (QED) is 0.479. The zero-order valence-corrected chi connectivity index (χ0v) is 11.2. The van der Waals surface area contributed by atoms with Gasteiger partial charge in [-0.2, -0.15) is 0 Å². The summed E-state index contributed by atoms with van der Waals surface area (Å²) < 4.78 is 14.9. The standard InChI is InChI=1S/C14H10O7/c1-7(16)20-10-3-11-13(12(4-10)21-8(2)17)14(18)9(5-15)6-19-11/h3-6H,1-2H3. The summed E-state index contributed by atoms with van der Waals surface area (Å²) in [6.07, 6.45) is 1.32. The Bertz CT molecular complexity index is 801. The summed E-state index contributed by atoms with van der Waals surface area (Å²) in [5.41, 5.74) is -0.825. The van der Waals surface area contributed by atoms with E-state index in [4.69, 9.17) is 13.9 Å². The van der Waals surface area contributed by atoms with Crippen molar-refractivity contribution >= 4 is 29.2 Å². The van der Waals surface area contributed by atoms with Gasteiger partial charge in [0.25, 0.3) is 0 Å². The largest absolute Gasteiger partial charge is 0.463 e. The van der Waals surface area contributed by atoms with Crippen molar-refractivity contribution in [2.75, 3.05) is 0 Å². The molecule has 0 aliphatic rings. The molecule has 0 atom stereocenters. The molecule has 0 aliphatic carbocycles. The van der Waals surface area contributed by atoms with Gasteiger partial charge in [-0.1, -0.05) is 0 Å². The summed E-state index contributed by atoms with van der Waals surface area (Å²) in [5.74, 6) is -1.36. The van der Waals surface area contributed by atoms with Crippen LogP contribution in [-0.4, -0.2) is 18.2 Å². The molecule has 21 heavy (non-hydrogen) atoms. The molecule has 0 aliphatic heterocycles. The van der Waals surface area contributed by atoms with E-state index in [1.165, 1.54) is 19.1 Å². The molecular formula is C14H10O7. The minimum Gasteiger partial charge on any atom is -0.463 e. The topological polar surface area (TPSA) is 99.9 Å². The van der Waals surface area contributed by atoms with Gasteiger partial charge in [0, 0.05) is 26.0 Å². The first-order valence-corrected chi connectivity index (χ1v) is 5.84. The minimum atomic E-state index is -0.674. The Hall–Kier alpha value is -2.96. The maximum absolute atomic E-state index is 12.1. The summed E-state index contributed by atoms with van der Waals surface area (Å²) in [4.78, 5) is 45.0. The van der Waals surface area contributed by atoms with Crippen molar-refractivity contribution in [2.45, 2.75) is 13.8 Å². The van der Waals surface area contributed by atoms with Crippen LogP contribution in [0.5, 0.6) is 11.5 Å². The van der Waals surface area contributed by atoms with E-state index in [0.29, 0.717) is 6.29 Å². The van der Waals surface area contributed by atoms with Crippen molar-refractivity contribution in [3.05, 3.63) is 34.2 Å². The lowest BCUT2D eigenvalue weighted by Gasteiger charge is -2.08. The number of hydrogen-bond acceptors (Lipinski definition) is 7. The molecule has 0 radical (unpaired) electrons. The second-order valence-electron chi connectivity index (χ2n) is 4.12.